The van der Waals surface area contributed by atoms with Crippen molar-refractivity contribution < 1.29 is 18.7 Å². The topological polar surface area (TPSA) is 109 Å². The fraction of sp³-hybridized carbons (Fsp3) is 0.423. The van der Waals surface area contributed by atoms with Crippen LogP contribution in [0, 0.1) is 11.3 Å². The minimum atomic E-state index is -1.93. The van der Waals surface area contributed by atoms with Crippen molar-refractivity contribution in [3.05, 3.63) is 49.1 Å². The number of nitriles is 1. The number of aromatic nitrogens is 4. The van der Waals surface area contributed by atoms with Crippen LogP contribution in [0.25, 0.3) is 16.6 Å². The quantitative estimate of drug-likeness (QED) is 0.494. The summed E-state index contributed by atoms with van der Waals surface area (Å²) in [6, 6.07) is 4.06. The van der Waals surface area contributed by atoms with Gasteiger partial charge in [0.25, 0.3) is 5.91 Å². The molecule has 0 unspecified atom stereocenters. The van der Waals surface area contributed by atoms with Crippen molar-refractivity contribution in [1.29, 1.82) is 5.26 Å². The van der Waals surface area contributed by atoms with Crippen LogP contribution in [0.3, 0.4) is 0 Å². The van der Waals surface area contributed by atoms with Gasteiger partial charge in [-0.1, -0.05) is 6.58 Å². The molecule has 2 amide bonds. The molecule has 10 nitrogen and oxygen atoms in total. The lowest BCUT2D eigenvalue weighted by Gasteiger charge is -2.40. The molecule has 3 aromatic rings. The van der Waals surface area contributed by atoms with E-state index in [0.717, 1.165) is 11.1 Å². The average Bonchev–Trinajstić information content (AvgIpc) is 3.60. The zero-order valence-electron chi connectivity index (χ0n) is 20.6. The molecule has 11 heteroatoms. The Balaban J connectivity index is 1.24. The summed E-state index contributed by atoms with van der Waals surface area (Å²) < 4.78 is 24.5. The molecule has 2 aliphatic rings. The lowest BCUT2D eigenvalue weighted by atomic mass is 9.90. The predicted octanol–water partition coefficient (Wildman–Crippen LogP) is 2.76. The van der Waals surface area contributed by atoms with Crippen molar-refractivity contribution in [2.24, 2.45) is 0 Å². The van der Waals surface area contributed by atoms with Gasteiger partial charge in [0, 0.05) is 62.5 Å². The van der Waals surface area contributed by atoms with E-state index in [-0.39, 0.29) is 37.9 Å². The zero-order chi connectivity index (χ0) is 26.2. The number of piperidine rings is 2. The maximum absolute atomic E-state index is 15.5. The second-order valence-electron chi connectivity index (χ2n) is 9.49. The number of methoxy groups -OCH3 is 1. The first-order valence-corrected chi connectivity index (χ1v) is 12.3. The molecule has 192 valence electrons. The van der Waals surface area contributed by atoms with Crippen molar-refractivity contribution in [1.82, 2.24) is 29.2 Å². The van der Waals surface area contributed by atoms with Crippen LogP contribution in [0.4, 0.5) is 4.39 Å². The minimum Gasteiger partial charge on any atom is -0.494 e. The van der Waals surface area contributed by atoms with E-state index >= 15 is 4.39 Å². The van der Waals surface area contributed by atoms with E-state index < -0.39 is 11.6 Å². The third-order valence-electron chi connectivity index (χ3n) is 7.40. The van der Waals surface area contributed by atoms with Gasteiger partial charge in [-0.25, -0.2) is 8.91 Å². The van der Waals surface area contributed by atoms with Gasteiger partial charge < -0.3 is 14.5 Å². The van der Waals surface area contributed by atoms with Gasteiger partial charge in [0.2, 0.25) is 5.91 Å². The van der Waals surface area contributed by atoms with Gasteiger partial charge in [0.15, 0.2) is 5.67 Å². The molecule has 2 aliphatic heterocycles. The molecule has 0 aromatic carbocycles. The molecular formula is C26H28FN7O3. The van der Waals surface area contributed by atoms with E-state index in [0.29, 0.717) is 42.8 Å². The summed E-state index contributed by atoms with van der Waals surface area (Å²) in [4.78, 5) is 27.9. The monoisotopic (exact) mass is 505 g/mol. The number of ether oxygens (including phenoxy) is 1. The molecule has 0 spiro atoms. The molecule has 37 heavy (non-hydrogen) atoms. The molecule has 3 aromatic heterocycles. The molecule has 2 saturated heterocycles. The molecule has 5 heterocycles. The molecule has 0 atom stereocenters. The molecule has 2 fully saturated rings. The number of alkyl halides is 1. The summed E-state index contributed by atoms with van der Waals surface area (Å²) in [5.41, 5.74) is 0.833. The van der Waals surface area contributed by atoms with E-state index in [2.05, 4.69) is 22.8 Å². The Kier molecular flexibility index (Phi) is 6.41. The molecule has 0 bridgehead atoms. The van der Waals surface area contributed by atoms with Crippen molar-refractivity contribution in [2.45, 2.75) is 37.4 Å². The molecule has 0 aliphatic carbocycles. The van der Waals surface area contributed by atoms with Crippen LogP contribution in [0.2, 0.25) is 0 Å². The number of nitrogens with zero attached hydrogens (tertiary/aromatic N) is 7. The normalized spacial score (nSPS) is 18.0. The highest BCUT2D eigenvalue weighted by Gasteiger charge is 2.45. The van der Waals surface area contributed by atoms with Crippen molar-refractivity contribution >= 4 is 17.3 Å². The minimum absolute atomic E-state index is 0.00771. The summed E-state index contributed by atoms with van der Waals surface area (Å²) in [6.07, 6.45) is 9.61. The fourth-order valence-corrected chi connectivity index (χ4v) is 5.21. The van der Waals surface area contributed by atoms with Gasteiger partial charge in [-0.15, -0.1) is 0 Å². The number of hydrogen-bond donors (Lipinski definition) is 0. The van der Waals surface area contributed by atoms with Crippen molar-refractivity contribution in [3.63, 3.8) is 0 Å². The summed E-state index contributed by atoms with van der Waals surface area (Å²) in [5, 5.41) is 18.1. The summed E-state index contributed by atoms with van der Waals surface area (Å²) >= 11 is 0. The molecule has 5 rings (SSSR count). The highest BCUT2D eigenvalue weighted by Crippen LogP contribution is 2.33. The summed E-state index contributed by atoms with van der Waals surface area (Å²) in [5.74, 6) is -0.163. The smallest absolute Gasteiger partial charge is 0.260 e. The van der Waals surface area contributed by atoms with E-state index in [4.69, 9.17) is 4.74 Å². The number of carbonyl (C=O) groups excluding carboxylic acids is 2. The number of fused-ring (bicyclic) bond motifs is 1. The number of likely N-dealkylation sites (tertiary alicyclic amines) is 2. The SMILES string of the molecule is C=CC(=O)N1CCC(F)(C(=O)N2CCC(n3cc(-c4cc(OC)c5c(C#N)cnn5c4)cn3)CC2)CC1. The van der Waals surface area contributed by atoms with Crippen LogP contribution in [-0.2, 0) is 9.59 Å². The standard InChI is InChI=1S/C26H28FN7O3/c1-3-23(35)31-10-6-26(27,7-11-31)25(36)32-8-4-21(5-9-32)33-17-20(15-29-33)18-12-22(37-2)24-19(13-28)14-30-34(24)16-18/h3,12,14-17,21H,1,4-11H2,2H3. The van der Waals surface area contributed by atoms with E-state index in [1.165, 1.54) is 17.2 Å². The van der Waals surface area contributed by atoms with Crippen LogP contribution < -0.4 is 4.74 Å². The van der Waals surface area contributed by atoms with Gasteiger partial charge in [0.05, 0.1) is 25.5 Å². The second kappa shape index (κ2) is 9.69. The fourth-order valence-electron chi connectivity index (χ4n) is 5.21. The summed E-state index contributed by atoms with van der Waals surface area (Å²) in [7, 11) is 1.55. The van der Waals surface area contributed by atoms with E-state index in [9.17, 15) is 14.9 Å². The van der Waals surface area contributed by atoms with Crippen LogP contribution in [0.5, 0.6) is 5.75 Å². The first-order valence-electron chi connectivity index (χ1n) is 12.3. The number of carbonyl (C=O) groups is 2. The number of pyridine rings is 1. The first-order chi connectivity index (χ1) is 17.9. The Morgan fingerprint density at radius 2 is 1.86 bits per heavy atom. The molecule has 0 N–H and O–H groups in total. The number of hydrogen-bond acceptors (Lipinski definition) is 6. The highest BCUT2D eigenvalue weighted by atomic mass is 19.1. The van der Waals surface area contributed by atoms with Gasteiger partial charge >= 0.3 is 0 Å². The Hall–Kier alpha value is -4.20. The summed E-state index contributed by atoms with van der Waals surface area (Å²) in [6.45, 7) is 4.79. The maximum atomic E-state index is 15.5. The van der Waals surface area contributed by atoms with Crippen LogP contribution in [-0.4, -0.2) is 80.0 Å². The Bertz CT molecular complexity index is 1390. The molecule has 0 saturated carbocycles. The van der Waals surface area contributed by atoms with Crippen molar-refractivity contribution in [2.75, 3.05) is 33.3 Å². The first kappa shape index (κ1) is 24.5. The van der Waals surface area contributed by atoms with Gasteiger partial charge in [-0.05, 0) is 25.0 Å². The molecular weight excluding hydrogens is 477 g/mol. The van der Waals surface area contributed by atoms with Gasteiger partial charge in [0.1, 0.15) is 22.9 Å². The number of rotatable bonds is 5. The Labute approximate surface area is 213 Å². The maximum Gasteiger partial charge on any atom is 0.260 e. The lowest BCUT2D eigenvalue weighted by Crippen LogP contribution is -2.54. The van der Waals surface area contributed by atoms with Crippen LogP contribution in [0.15, 0.2) is 43.5 Å². The number of amides is 2. The second-order valence-corrected chi connectivity index (χ2v) is 9.49. The van der Waals surface area contributed by atoms with Crippen LogP contribution >= 0.6 is 0 Å². The highest BCUT2D eigenvalue weighted by molar-refractivity contribution is 5.88. The molecule has 0 radical (unpaired) electrons. The zero-order valence-corrected chi connectivity index (χ0v) is 20.6. The third kappa shape index (κ3) is 4.43. The Morgan fingerprint density at radius 3 is 2.51 bits per heavy atom. The Morgan fingerprint density at radius 1 is 1.14 bits per heavy atom. The van der Waals surface area contributed by atoms with E-state index in [1.54, 1.807) is 22.7 Å². The van der Waals surface area contributed by atoms with E-state index in [1.807, 2.05) is 23.1 Å². The largest absolute Gasteiger partial charge is 0.494 e. The lowest BCUT2D eigenvalue weighted by molar-refractivity contribution is -0.150. The van der Waals surface area contributed by atoms with Crippen molar-refractivity contribution in [3.8, 4) is 22.9 Å². The number of halogens is 1. The third-order valence-corrected chi connectivity index (χ3v) is 7.40. The predicted molar refractivity (Wildman–Crippen MR) is 132 cm³/mol. The van der Waals surface area contributed by atoms with Gasteiger partial charge in [-0.3, -0.25) is 14.3 Å². The average molecular weight is 506 g/mol. The van der Waals surface area contributed by atoms with Crippen LogP contribution in [0.1, 0.15) is 37.3 Å². The van der Waals surface area contributed by atoms with Gasteiger partial charge in [-0.2, -0.15) is 15.5 Å².